The molecule has 0 aliphatic carbocycles. The van der Waals surface area contributed by atoms with Crippen molar-refractivity contribution in [1.82, 2.24) is 9.55 Å². The van der Waals surface area contributed by atoms with Gasteiger partial charge in [-0.3, -0.25) is 14.3 Å². The molecule has 20 heavy (non-hydrogen) atoms. The van der Waals surface area contributed by atoms with E-state index < -0.39 is 11.2 Å². The van der Waals surface area contributed by atoms with E-state index in [4.69, 9.17) is 0 Å². The number of nitrogens with zero attached hydrogens (tertiary/aromatic N) is 1. The Balaban J connectivity index is 2.64. The zero-order valence-electron chi connectivity index (χ0n) is 11.2. The molecule has 0 amide bonds. The van der Waals surface area contributed by atoms with E-state index >= 15 is 0 Å². The first kappa shape index (κ1) is 14.6. The van der Waals surface area contributed by atoms with Crippen LogP contribution < -0.4 is 11.2 Å². The molecule has 0 fully saturated rings. The molecule has 0 bridgehead atoms. The molecule has 1 aromatic heterocycles. The largest absolute Gasteiger partial charge is 0.494 e. The first-order valence-corrected chi connectivity index (χ1v) is 7.07. The monoisotopic (exact) mass is 338 g/mol. The maximum atomic E-state index is 12.0. The fourth-order valence-corrected chi connectivity index (χ4v) is 2.59. The van der Waals surface area contributed by atoms with Crippen molar-refractivity contribution in [1.29, 1.82) is 0 Å². The number of nitrogens with one attached hydrogen (secondary N) is 1. The first-order valence-electron chi connectivity index (χ1n) is 6.27. The summed E-state index contributed by atoms with van der Waals surface area (Å²) in [6.07, 6.45) is 0.354. The lowest BCUT2D eigenvalue weighted by Gasteiger charge is -2.18. The Labute approximate surface area is 124 Å². The summed E-state index contributed by atoms with van der Waals surface area (Å²) in [5.74, 6) is -0.270. The lowest BCUT2D eigenvalue weighted by molar-refractivity contribution is 0.382. The van der Waals surface area contributed by atoms with E-state index in [2.05, 4.69) is 20.9 Å². The Morgan fingerprint density at radius 3 is 2.70 bits per heavy atom. The van der Waals surface area contributed by atoms with Gasteiger partial charge in [0.05, 0.1) is 11.6 Å². The highest BCUT2D eigenvalue weighted by atomic mass is 79.9. The Morgan fingerprint density at radius 2 is 2.10 bits per heavy atom. The molecule has 0 saturated carbocycles. The summed E-state index contributed by atoms with van der Waals surface area (Å²) in [6.45, 7) is 3.55. The maximum Gasteiger partial charge on any atom is 0.331 e. The highest BCUT2D eigenvalue weighted by Gasteiger charge is 2.18. The molecule has 2 N–H and O–H groups in total. The molecule has 2 aromatic rings. The zero-order valence-corrected chi connectivity index (χ0v) is 12.8. The minimum Gasteiger partial charge on any atom is -0.494 e. The summed E-state index contributed by atoms with van der Waals surface area (Å²) < 4.78 is 2.08. The van der Waals surface area contributed by atoms with E-state index in [1.54, 1.807) is 13.8 Å². The van der Waals surface area contributed by atoms with Gasteiger partial charge in [0.2, 0.25) is 5.88 Å². The van der Waals surface area contributed by atoms with Crippen molar-refractivity contribution in [2.45, 2.75) is 26.3 Å². The van der Waals surface area contributed by atoms with E-state index in [9.17, 15) is 14.7 Å². The molecular formula is C14H15BrN2O3. The van der Waals surface area contributed by atoms with Crippen molar-refractivity contribution in [2.75, 3.05) is 0 Å². The van der Waals surface area contributed by atoms with Gasteiger partial charge in [0.15, 0.2) is 0 Å². The molecule has 106 valence electrons. The Kier molecular flexibility index (Phi) is 4.13. The van der Waals surface area contributed by atoms with Crippen LogP contribution in [-0.2, 0) is 6.42 Å². The molecular weight excluding hydrogens is 324 g/mol. The minimum atomic E-state index is -0.614. The van der Waals surface area contributed by atoms with E-state index in [0.29, 0.717) is 6.42 Å². The fourth-order valence-electron chi connectivity index (χ4n) is 2.17. The first-order chi connectivity index (χ1) is 9.45. The minimum absolute atomic E-state index is 0.214. The number of benzene rings is 1. The van der Waals surface area contributed by atoms with Crippen LogP contribution in [0, 0.1) is 0 Å². The average molecular weight is 339 g/mol. The zero-order chi connectivity index (χ0) is 14.9. The summed E-state index contributed by atoms with van der Waals surface area (Å²) in [6, 6.07) is 7.07. The van der Waals surface area contributed by atoms with Crippen LogP contribution in [0.2, 0.25) is 0 Å². The second-order valence-corrected chi connectivity index (χ2v) is 5.43. The van der Waals surface area contributed by atoms with Gasteiger partial charge in [0.1, 0.15) is 0 Å². The van der Waals surface area contributed by atoms with Gasteiger partial charge in [-0.1, -0.05) is 35.0 Å². The Bertz CT molecular complexity index is 749. The number of rotatable bonds is 3. The van der Waals surface area contributed by atoms with E-state index in [0.717, 1.165) is 10.0 Å². The maximum absolute atomic E-state index is 12.0. The molecule has 0 radical (unpaired) electrons. The van der Waals surface area contributed by atoms with Gasteiger partial charge in [-0.25, -0.2) is 4.79 Å². The molecule has 1 heterocycles. The molecule has 5 nitrogen and oxygen atoms in total. The van der Waals surface area contributed by atoms with E-state index in [-0.39, 0.29) is 17.5 Å². The molecule has 6 heteroatoms. The topological polar surface area (TPSA) is 75.1 Å². The normalized spacial score (nSPS) is 12.3. The number of H-pyrrole nitrogens is 1. The molecule has 0 saturated heterocycles. The summed E-state index contributed by atoms with van der Waals surface area (Å²) in [5, 5.41) is 10.2. The van der Waals surface area contributed by atoms with Crippen molar-refractivity contribution in [2.24, 2.45) is 0 Å². The molecule has 0 spiro atoms. The number of halogens is 1. The quantitative estimate of drug-likeness (QED) is 0.900. The van der Waals surface area contributed by atoms with Crippen LogP contribution in [0.15, 0.2) is 38.3 Å². The molecule has 1 atom stereocenters. The molecule has 0 aliphatic heterocycles. The van der Waals surface area contributed by atoms with Gasteiger partial charge < -0.3 is 5.11 Å². The van der Waals surface area contributed by atoms with Gasteiger partial charge in [-0.2, -0.15) is 0 Å². The number of aromatic amines is 1. The standard InChI is InChI=1S/C14H15BrN2O3/c1-3-11-12(18)16-14(20)17(13(11)19)8(2)9-5-4-6-10(15)7-9/h4-8,19H,3H2,1-2H3,(H,16,18,20). The van der Waals surface area contributed by atoms with Crippen LogP contribution in [0.3, 0.4) is 0 Å². The summed E-state index contributed by atoms with van der Waals surface area (Å²) in [4.78, 5) is 25.8. The number of hydrogen-bond acceptors (Lipinski definition) is 3. The van der Waals surface area contributed by atoms with Crippen molar-refractivity contribution < 1.29 is 5.11 Å². The van der Waals surface area contributed by atoms with Gasteiger partial charge in [0.25, 0.3) is 5.56 Å². The lowest BCUT2D eigenvalue weighted by atomic mass is 10.1. The summed E-state index contributed by atoms with van der Waals surface area (Å²) in [7, 11) is 0. The smallest absolute Gasteiger partial charge is 0.331 e. The number of hydrogen-bond donors (Lipinski definition) is 2. The van der Waals surface area contributed by atoms with Crippen molar-refractivity contribution >= 4 is 15.9 Å². The van der Waals surface area contributed by atoms with Gasteiger partial charge >= 0.3 is 5.69 Å². The Hall–Kier alpha value is -1.82. The van der Waals surface area contributed by atoms with Gasteiger partial charge in [0, 0.05) is 4.47 Å². The third-order valence-corrected chi connectivity index (χ3v) is 3.78. The van der Waals surface area contributed by atoms with Crippen molar-refractivity contribution in [3.05, 3.63) is 60.7 Å². The third kappa shape index (κ3) is 2.56. The number of aromatic nitrogens is 2. The SMILES string of the molecule is CCc1c(O)n(C(C)c2cccc(Br)c2)c(=O)[nH]c1=O. The lowest BCUT2D eigenvalue weighted by Crippen LogP contribution is -2.34. The molecule has 1 unspecified atom stereocenters. The van der Waals surface area contributed by atoms with Gasteiger partial charge in [-0.15, -0.1) is 0 Å². The van der Waals surface area contributed by atoms with Gasteiger partial charge in [-0.05, 0) is 31.0 Å². The average Bonchev–Trinajstić information content (AvgIpc) is 2.38. The predicted octanol–water partition coefficient (Wildman–Crippen LogP) is 2.18. The van der Waals surface area contributed by atoms with E-state index in [1.807, 2.05) is 24.3 Å². The molecule has 0 aliphatic rings. The highest BCUT2D eigenvalue weighted by molar-refractivity contribution is 9.10. The predicted molar refractivity (Wildman–Crippen MR) is 80.3 cm³/mol. The van der Waals surface area contributed by atoms with Crippen LogP contribution in [0.1, 0.15) is 31.0 Å². The van der Waals surface area contributed by atoms with Crippen LogP contribution in [-0.4, -0.2) is 14.7 Å². The number of aromatic hydroxyl groups is 1. The second-order valence-electron chi connectivity index (χ2n) is 4.52. The van der Waals surface area contributed by atoms with Crippen LogP contribution in [0.4, 0.5) is 0 Å². The summed E-state index contributed by atoms with van der Waals surface area (Å²) in [5.41, 5.74) is -0.0813. The molecule has 1 aromatic carbocycles. The summed E-state index contributed by atoms with van der Waals surface area (Å²) >= 11 is 3.37. The van der Waals surface area contributed by atoms with Crippen LogP contribution in [0.25, 0.3) is 0 Å². The van der Waals surface area contributed by atoms with Crippen molar-refractivity contribution in [3.8, 4) is 5.88 Å². The fraction of sp³-hybridized carbons (Fsp3) is 0.286. The Morgan fingerprint density at radius 1 is 1.40 bits per heavy atom. The van der Waals surface area contributed by atoms with Crippen molar-refractivity contribution in [3.63, 3.8) is 0 Å². The van der Waals surface area contributed by atoms with Crippen LogP contribution in [0.5, 0.6) is 5.88 Å². The van der Waals surface area contributed by atoms with Crippen LogP contribution >= 0.6 is 15.9 Å². The highest BCUT2D eigenvalue weighted by Crippen LogP contribution is 2.24. The molecule has 2 rings (SSSR count). The second kappa shape index (κ2) is 5.66. The third-order valence-electron chi connectivity index (χ3n) is 3.28. The van der Waals surface area contributed by atoms with E-state index in [1.165, 1.54) is 4.57 Å².